The molecular formula is C37H24N2O. The fourth-order valence-electron chi connectivity index (χ4n) is 6.72. The molecule has 9 aromatic rings. The molecule has 0 atom stereocenters. The Morgan fingerprint density at radius 2 is 1.05 bits per heavy atom. The van der Waals surface area contributed by atoms with Crippen molar-refractivity contribution in [3.05, 3.63) is 133 Å². The quantitative estimate of drug-likeness (QED) is 0.226. The third kappa shape index (κ3) is 2.79. The monoisotopic (exact) mass is 512 g/mol. The van der Waals surface area contributed by atoms with Crippen LogP contribution >= 0.6 is 0 Å². The van der Waals surface area contributed by atoms with Crippen molar-refractivity contribution in [3.8, 4) is 11.4 Å². The largest absolute Gasteiger partial charge is 0.456 e. The van der Waals surface area contributed by atoms with E-state index < -0.39 is 0 Å². The summed E-state index contributed by atoms with van der Waals surface area (Å²) in [6, 6.07) is 45.8. The van der Waals surface area contributed by atoms with E-state index in [1.807, 2.05) is 0 Å². The molecule has 3 aromatic heterocycles. The maximum atomic E-state index is 6.38. The Hall–Kier alpha value is -5.28. The predicted molar refractivity (Wildman–Crippen MR) is 167 cm³/mol. The van der Waals surface area contributed by atoms with Crippen LogP contribution in [0.2, 0.25) is 0 Å². The zero-order chi connectivity index (χ0) is 26.4. The highest BCUT2D eigenvalue weighted by Gasteiger charge is 2.19. The normalized spacial score (nSPS) is 12.1. The number of aryl methyl sites for hydroxylation is 1. The lowest BCUT2D eigenvalue weighted by Crippen LogP contribution is -1.96. The Morgan fingerprint density at radius 1 is 0.475 bits per heavy atom. The Kier molecular flexibility index (Phi) is 4.26. The van der Waals surface area contributed by atoms with Gasteiger partial charge in [0.2, 0.25) is 0 Å². The predicted octanol–water partition coefficient (Wildman–Crippen LogP) is 10.1. The van der Waals surface area contributed by atoms with E-state index in [-0.39, 0.29) is 0 Å². The first-order valence-electron chi connectivity index (χ1n) is 13.7. The molecule has 0 bridgehead atoms. The minimum absolute atomic E-state index is 0.912. The van der Waals surface area contributed by atoms with Crippen LogP contribution in [-0.4, -0.2) is 9.13 Å². The van der Waals surface area contributed by atoms with Crippen molar-refractivity contribution < 1.29 is 4.42 Å². The summed E-state index contributed by atoms with van der Waals surface area (Å²) in [6.07, 6.45) is 0. The molecule has 0 N–H and O–H groups in total. The second-order valence-corrected chi connectivity index (χ2v) is 10.6. The van der Waals surface area contributed by atoms with E-state index in [0.29, 0.717) is 0 Å². The van der Waals surface area contributed by atoms with E-state index in [1.165, 1.54) is 43.6 Å². The van der Waals surface area contributed by atoms with Gasteiger partial charge in [-0.15, -0.1) is 0 Å². The number of benzene rings is 6. The standard InChI is InChI=1S/C37H24N2O/c1-23-10-8-14-28-36-34(18-9-19-35(36)40-37(23)28)39-32-17-7-4-13-27(32)29-22-24(20-21-33(29)39)38-30-15-5-2-11-25(30)26-12-3-6-16-31(26)38/h2-22H,1H3. The zero-order valence-corrected chi connectivity index (χ0v) is 21.9. The van der Waals surface area contributed by atoms with Gasteiger partial charge in [0.1, 0.15) is 11.2 Å². The van der Waals surface area contributed by atoms with Gasteiger partial charge in [-0.1, -0.05) is 78.9 Å². The zero-order valence-electron chi connectivity index (χ0n) is 21.9. The van der Waals surface area contributed by atoms with E-state index in [0.717, 1.165) is 38.9 Å². The maximum absolute atomic E-state index is 6.38. The van der Waals surface area contributed by atoms with Crippen LogP contribution in [0, 0.1) is 6.92 Å². The Morgan fingerprint density at radius 3 is 1.77 bits per heavy atom. The van der Waals surface area contributed by atoms with Gasteiger partial charge in [0.25, 0.3) is 0 Å². The van der Waals surface area contributed by atoms with Crippen molar-refractivity contribution >= 4 is 65.6 Å². The minimum atomic E-state index is 0.912. The van der Waals surface area contributed by atoms with Gasteiger partial charge in [0.05, 0.1) is 33.1 Å². The second-order valence-electron chi connectivity index (χ2n) is 10.6. The van der Waals surface area contributed by atoms with Crippen LogP contribution in [-0.2, 0) is 0 Å². The molecule has 40 heavy (non-hydrogen) atoms. The summed E-state index contributed by atoms with van der Waals surface area (Å²) < 4.78 is 11.2. The first-order chi connectivity index (χ1) is 19.8. The maximum Gasteiger partial charge on any atom is 0.138 e. The van der Waals surface area contributed by atoms with Gasteiger partial charge in [-0.2, -0.15) is 0 Å². The summed E-state index contributed by atoms with van der Waals surface area (Å²) in [7, 11) is 0. The number of fused-ring (bicyclic) bond motifs is 9. The third-order valence-electron chi connectivity index (χ3n) is 8.43. The van der Waals surface area contributed by atoms with Gasteiger partial charge in [-0.3, -0.25) is 0 Å². The van der Waals surface area contributed by atoms with Gasteiger partial charge in [0, 0.05) is 32.6 Å². The van der Waals surface area contributed by atoms with E-state index in [2.05, 4.69) is 143 Å². The average Bonchev–Trinajstić information content (AvgIpc) is 3.65. The highest BCUT2D eigenvalue weighted by Crippen LogP contribution is 2.40. The van der Waals surface area contributed by atoms with Crippen LogP contribution in [0.15, 0.2) is 132 Å². The number of aromatic nitrogens is 2. The fourth-order valence-corrected chi connectivity index (χ4v) is 6.72. The molecule has 3 heteroatoms. The van der Waals surface area contributed by atoms with Crippen LogP contribution in [0.1, 0.15) is 5.56 Å². The second kappa shape index (κ2) is 7.87. The minimum Gasteiger partial charge on any atom is -0.456 e. The smallest absolute Gasteiger partial charge is 0.138 e. The topological polar surface area (TPSA) is 23.0 Å². The third-order valence-corrected chi connectivity index (χ3v) is 8.43. The van der Waals surface area contributed by atoms with Gasteiger partial charge in [-0.05, 0) is 61.0 Å². The van der Waals surface area contributed by atoms with Crippen molar-refractivity contribution in [3.63, 3.8) is 0 Å². The first kappa shape index (κ1) is 21.6. The number of hydrogen-bond acceptors (Lipinski definition) is 1. The molecular weight excluding hydrogens is 488 g/mol. The van der Waals surface area contributed by atoms with Crippen LogP contribution < -0.4 is 0 Å². The Balaban J connectivity index is 1.39. The molecule has 0 saturated carbocycles. The lowest BCUT2D eigenvalue weighted by atomic mass is 10.1. The van der Waals surface area contributed by atoms with Crippen molar-refractivity contribution in [1.82, 2.24) is 9.13 Å². The molecule has 0 saturated heterocycles. The molecule has 6 aromatic carbocycles. The van der Waals surface area contributed by atoms with Crippen LogP contribution in [0.4, 0.5) is 0 Å². The molecule has 3 nitrogen and oxygen atoms in total. The lowest BCUT2D eigenvalue weighted by Gasteiger charge is -2.11. The molecule has 0 unspecified atom stereocenters. The fraction of sp³-hybridized carbons (Fsp3) is 0.0270. The molecule has 0 aliphatic carbocycles. The molecule has 0 fully saturated rings. The van der Waals surface area contributed by atoms with Crippen LogP contribution in [0.25, 0.3) is 76.9 Å². The van der Waals surface area contributed by atoms with E-state index in [1.54, 1.807) is 0 Å². The molecule has 0 spiro atoms. The number of rotatable bonds is 2. The molecule has 188 valence electrons. The number of furan rings is 1. The first-order valence-corrected chi connectivity index (χ1v) is 13.7. The summed E-state index contributed by atoms with van der Waals surface area (Å²) in [6.45, 7) is 2.11. The molecule has 0 aliphatic rings. The van der Waals surface area contributed by atoms with Crippen molar-refractivity contribution in [2.75, 3.05) is 0 Å². The number of hydrogen-bond donors (Lipinski definition) is 0. The van der Waals surface area contributed by atoms with Gasteiger partial charge in [-0.25, -0.2) is 0 Å². The lowest BCUT2D eigenvalue weighted by molar-refractivity contribution is 0.665. The summed E-state index contributed by atoms with van der Waals surface area (Å²) in [4.78, 5) is 0. The average molecular weight is 513 g/mol. The van der Waals surface area contributed by atoms with Gasteiger partial charge in [0.15, 0.2) is 0 Å². The Bertz CT molecular complexity index is 2400. The number of para-hydroxylation sites is 4. The molecule has 0 radical (unpaired) electrons. The summed E-state index contributed by atoms with van der Waals surface area (Å²) in [5.74, 6) is 0. The van der Waals surface area contributed by atoms with Crippen molar-refractivity contribution in [2.45, 2.75) is 6.92 Å². The summed E-state index contributed by atoms with van der Waals surface area (Å²) in [5.41, 5.74) is 10.1. The summed E-state index contributed by atoms with van der Waals surface area (Å²) >= 11 is 0. The van der Waals surface area contributed by atoms with Gasteiger partial charge < -0.3 is 13.6 Å². The number of nitrogens with zero attached hydrogens (tertiary/aromatic N) is 2. The van der Waals surface area contributed by atoms with E-state index in [4.69, 9.17) is 4.42 Å². The molecule has 9 rings (SSSR count). The SMILES string of the molecule is Cc1cccc2c1oc1cccc(-n3c4ccccc4c4cc(-n5c6ccccc6c6ccccc65)ccc43)c12. The van der Waals surface area contributed by atoms with E-state index >= 15 is 0 Å². The Labute approximate surface area is 230 Å². The van der Waals surface area contributed by atoms with Crippen LogP contribution in [0.3, 0.4) is 0 Å². The highest BCUT2D eigenvalue weighted by atomic mass is 16.3. The highest BCUT2D eigenvalue weighted by molar-refractivity contribution is 6.15. The molecule has 0 amide bonds. The molecule has 0 aliphatic heterocycles. The molecule has 3 heterocycles. The van der Waals surface area contributed by atoms with E-state index in [9.17, 15) is 0 Å². The van der Waals surface area contributed by atoms with Crippen molar-refractivity contribution in [1.29, 1.82) is 0 Å². The van der Waals surface area contributed by atoms with Crippen molar-refractivity contribution in [2.24, 2.45) is 0 Å². The van der Waals surface area contributed by atoms with Crippen LogP contribution in [0.5, 0.6) is 0 Å². The van der Waals surface area contributed by atoms with Gasteiger partial charge >= 0.3 is 0 Å². The summed E-state index contributed by atoms with van der Waals surface area (Å²) in [5, 5.41) is 7.31.